The molecule has 0 aliphatic heterocycles. The molecule has 0 saturated heterocycles. The fourth-order valence-electron chi connectivity index (χ4n) is 2.10. The lowest BCUT2D eigenvalue weighted by atomic mass is 10.1. The van der Waals surface area contributed by atoms with Crippen molar-refractivity contribution in [2.75, 3.05) is 10.0 Å². The number of hydrogen-bond donors (Lipinski definition) is 2. The van der Waals surface area contributed by atoms with Crippen molar-refractivity contribution in [3.63, 3.8) is 0 Å². The highest BCUT2D eigenvalue weighted by molar-refractivity contribution is 7.94. The van der Waals surface area contributed by atoms with Gasteiger partial charge in [-0.15, -0.1) is 21.5 Å². The number of thiophene rings is 1. The highest BCUT2D eigenvalue weighted by Crippen LogP contribution is 2.19. The molecule has 24 heavy (non-hydrogen) atoms. The number of aryl methyl sites for hydroxylation is 1. The summed E-state index contributed by atoms with van der Waals surface area (Å²) in [6.07, 6.45) is 0. The molecule has 0 unspecified atom stereocenters. The molecule has 0 aliphatic carbocycles. The molecular weight excluding hydrogens is 344 g/mol. The molecule has 3 rings (SSSR count). The van der Waals surface area contributed by atoms with E-state index in [0.717, 1.165) is 16.9 Å². The van der Waals surface area contributed by atoms with Crippen LogP contribution in [-0.2, 0) is 16.6 Å². The van der Waals surface area contributed by atoms with Gasteiger partial charge in [-0.1, -0.05) is 35.9 Å². The van der Waals surface area contributed by atoms with E-state index in [1.165, 1.54) is 11.6 Å². The fraction of sp³-hybridized carbons (Fsp3) is 0.125. The summed E-state index contributed by atoms with van der Waals surface area (Å²) in [4.78, 5) is 0. The second-order valence-electron chi connectivity index (χ2n) is 5.18. The smallest absolute Gasteiger partial charge is 0.272 e. The van der Waals surface area contributed by atoms with Crippen LogP contribution in [0.25, 0.3) is 0 Å². The molecule has 0 radical (unpaired) electrons. The molecule has 8 heteroatoms. The summed E-state index contributed by atoms with van der Waals surface area (Å²) in [5, 5.41) is 12.8. The van der Waals surface area contributed by atoms with E-state index in [0.29, 0.717) is 12.4 Å². The van der Waals surface area contributed by atoms with Crippen molar-refractivity contribution >= 4 is 33.0 Å². The maximum absolute atomic E-state index is 12.1. The van der Waals surface area contributed by atoms with Gasteiger partial charge in [0.15, 0.2) is 5.82 Å². The summed E-state index contributed by atoms with van der Waals surface area (Å²) in [5.74, 6) is 0.764. The predicted octanol–water partition coefficient (Wildman–Crippen LogP) is 3.26. The first-order chi connectivity index (χ1) is 11.5. The Morgan fingerprint density at radius 3 is 2.50 bits per heavy atom. The Kier molecular flexibility index (Phi) is 4.77. The molecule has 0 amide bonds. The summed E-state index contributed by atoms with van der Waals surface area (Å²) in [5.41, 5.74) is 2.33. The zero-order chi connectivity index (χ0) is 17.0. The number of aromatic nitrogens is 2. The lowest BCUT2D eigenvalue weighted by Crippen LogP contribution is -2.13. The lowest BCUT2D eigenvalue weighted by molar-refractivity contribution is 0.603. The van der Waals surface area contributed by atoms with Crippen molar-refractivity contribution < 1.29 is 8.42 Å². The first kappa shape index (κ1) is 16.4. The van der Waals surface area contributed by atoms with Crippen molar-refractivity contribution in [3.05, 3.63) is 65.0 Å². The van der Waals surface area contributed by atoms with E-state index in [-0.39, 0.29) is 10.0 Å². The van der Waals surface area contributed by atoms with Gasteiger partial charge < -0.3 is 5.32 Å². The summed E-state index contributed by atoms with van der Waals surface area (Å²) >= 11 is 1.15. The van der Waals surface area contributed by atoms with E-state index in [9.17, 15) is 8.42 Å². The van der Waals surface area contributed by atoms with Crippen LogP contribution in [0, 0.1) is 6.92 Å². The van der Waals surface area contributed by atoms with Crippen LogP contribution in [-0.4, -0.2) is 18.6 Å². The first-order valence-corrected chi connectivity index (χ1v) is 9.59. The summed E-state index contributed by atoms with van der Waals surface area (Å²) in [6, 6.07) is 14.6. The summed E-state index contributed by atoms with van der Waals surface area (Å²) in [6.45, 7) is 2.66. The Labute approximate surface area is 144 Å². The minimum atomic E-state index is -3.60. The van der Waals surface area contributed by atoms with Gasteiger partial charge in [-0.25, -0.2) is 8.42 Å². The van der Waals surface area contributed by atoms with Gasteiger partial charge in [-0.3, -0.25) is 4.72 Å². The normalized spacial score (nSPS) is 11.2. The van der Waals surface area contributed by atoms with E-state index in [1.54, 1.807) is 23.6 Å². The molecule has 124 valence electrons. The van der Waals surface area contributed by atoms with Gasteiger partial charge >= 0.3 is 0 Å². The van der Waals surface area contributed by atoms with Crippen molar-refractivity contribution in [3.8, 4) is 0 Å². The fourth-order valence-corrected chi connectivity index (χ4v) is 4.09. The van der Waals surface area contributed by atoms with Crippen LogP contribution >= 0.6 is 11.3 Å². The van der Waals surface area contributed by atoms with Crippen molar-refractivity contribution in [2.45, 2.75) is 17.7 Å². The third-order valence-corrected chi connectivity index (χ3v) is 5.97. The molecule has 0 atom stereocenters. The number of hydrogen-bond acceptors (Lipinski definition) is 6. The lowest BCUT2D eigenvalue weighted by Gasteiger charge is -2.08. The van der Waals surface area contributed by atoms with Gasteiger partial charge in [0.1, 0.15) is 10.0 Å². The highest BCUT2D eigenvalue weighted by Gasteiger charge is 2.15. The quantitative estimate of drug-likeness (QED) is 0.705. The van der Waals surface area contributed by atoms with Crippen LogP contribution < -0.4 is 10.0 Å². The van der Waals surface area contributed by atoms with E-state index in [1.807, 2.05) is 25.1 Å². The Morgan fingerprint density at radius 1 is 1.04 bits per heavy atom. The standard InChI is InChI=1S/C16H16N4O2S2/c1-12-4-2-5-13(10-12)11-17-14-7-8-15(19-18-14)20-24(21,22)16-6-3-9-23-16/h2-10H,11H2,1H3,(H,17,18)(H,19,20). The maximum Gasteiger partial charge on any atom is 0.272 e. The molecule has 0 bridgehead atoms. The first-order valence-electron chi connectivity index (χ1n) is 7.22. The third kappa shape index (κ3) is 4.09. The Hall–Kier alpha value is -2.45. The molecule has 2 N–H and O–H groups in total. The zero-order valence-corrected chi connectivity index (χ0v) is 14.6. The van der Waals surface area contributed by atoms with Gasteiger partial charge in [0.25, 0.3) is 10.0 Å². The minimum Gasteiger partial charge on any atom is -0.365 e. The third-order valence-electron chi connectivity index (χ3n) is 3.22. The van der Waals surface area contributed by atoms with Crippen LogP contribution in [0.1, 0.15) is 11.1 Å². The SMILES string of the molecule is Cc1cccc(CNc2ccc(NS(=O)(=O)c3cccs3)nn2)c1. The number of rotatable bonds is 6. The molecule has 0 fully saturated rings. The molecule has 0 spiro atoms. The van der Waals surface area contributed by atoms with Crippen LogP contribution in [0.15, 0.2) is 58.1 Å². The largest absolute Gasteiger partial charge is 0.365 e. The number of nitrogens with zero attached hydrogens (tertiary/aromatic N) is 2. The molecule has 6 nitrogen and oxygen atoms in total. The zero-order valence-electron chi connectivity index (χ0n) is 12.9. The topological polar surface area (TPSA) is 84.0 Å². The minimum absolute atomic E-state index is 0.185. The Balaban J connectivity index is 1.63. The van der Waals surface area contributed by atoms with E-state index < -0.39 is 10.0 Å². The second-order valence-corrected chi connectivity index (χ2v) is 8.04. The van der Waals surface area contributed by atoms with E-state index in [4.69, 9.17) is 0 Å². The van der Waals surface area contributed by atoms with Crippen LogP contribution in [0.3, 0.4) is 0 Å². The molecular formula is C16H16N4O2S2. The van der Waals surface area contributed by atoms with Gasteiger partial charge in [-0.05, 0) is 36.1 Å². The number of benzene rings is 1. The second kappa shape index (κ2) is 6.98. The van der Waals surface area contributed by atoms with Gasteiger partial charge in [0.2, 0.25) is 0 Å². The average molecular weight is 360 g/mol. The van der Waals surface area contributed by atoms with Crippen LogP contribution in [0.2, 0.25) is 0 Å². The highest BCUT2D eigenvalue weighted by atomic mass is 32.2. The molecule has 2 heterocycles. The van der Waals surface area contributed by atoms with Crippen LogP contribution in [0.4, 0.5) is 11.6 Å². The molecule has 1 aromatic carbocycles. The van der Waals surface area contributed by atoms with Crippen molar-refractivity contribution in [1.29, 1.82) is 0 Å². The Bertz CT molecular complexity index is 908. The van der Waals surface area contributed by atoms with E-state index in [2.05, 4.69) is 26.3 Å². The maximum atomic E-state index is 12.1. The van der Waals surface area contributed by atoms with Gasteiger partial charge in [-0.2, -0.15) is 0 Å². The summed E-state index contributed by atoms with van der Waals surface area (Å²) in [7, 11) is -3.60. The predicted molar refractivity (Wildman–Crippen MR) is 95.7 cm³/mol. The number of anilines is 2. The van der Waals surface area contributed by atoms with Gasteiger partial charge in [0.05, 0.1) is 0 Å². The average Bonchev–Trinajstić information content (AvgIpc) is 3.09. The number of sulfonamides is 1. The monoisotopic (exact) mass is 360 g/mol. The molecule has 0 saturated carbocycles. The van der Waals surface area contributed by atoms with Crippen molar-refractivity contribution in [2.24, 2.45) is 0 Å². The number of nitrogens with one attached hydrogen (secondary N) is 2. The Morgan fingerprint density at radius 2 is 1.83 bits per heavy atom. The molecule has 0 aliphatic rings. The van der Waals surface area contributed by atoms with Crippen LogP contribution in [0.5, 0.6) is 0 Å². The molecule has 3 aromatic rings. The summed E-state index contributed by atoms with van der Waals surface area (Å²) < 4.78 is 26.9. The van der Waals surface area contributed by atoms with E-state index >= 15 is 0 Å². The van der Waals surface area contributed by atoms with Crippen molar-refractivity contribution in [1.82, 2.24) is 10.2 Å². The van der Waals surface area contributed by atoms with Gasteiger partial charge in [0, 0.05) is 6.54 Å². The molecule has 2 aromatic heterocycles.